The van der Waals surface area contributed by atoms with Gasteiger partial charge in [0.25, 0.3) is 0 Å². The van der Waals surface area contributed by atoms with E-state index < -0.39 is 0 Å². The van der Waals surface area contributed by atoms with Gasteiger partial charge in [0, 0.05) is 5.56 Å². The number of hydrogen-bond donors (Lipinski definition) is 0. The molecule has 0 unspecified atom stereocenters. The first-order chi connectivity index (χ1) is 5.13. The van der Waals surface area contributed by atoms with Gasteiger partial charge < -0.3 is 0 Å². The Labute approximate surface area is 86.0 Å². The molecule has 1 aromatic rings. The molecule has 60 valence electrons. The number of halogens is 4. The Hall–Kier alpha value is 0.400. The zero-order valence-electron chi connectivity index (χ0n) is 5.32. The Morgan fingerprint density at radius 1 is 1.36 bits per heavy atom. The van der Waals surface area contributed by atoms with Crippen LogP contribution in [0.5, 0.6) is 0 Å². The average Bonchev–Trinajstić information content (AvgIpc) is 1.94. The summed E-state index contributed by atoms with van der Waals surface area (Å²) >= 11 is 11.9. The monoisotopic (exact) mass is 300 g/mol. The quantitative estimate of drug-likeness (QED) is 0.680. The molecule has 1 aromatic carbocycles. The second-order valence-corrected chi connectivity index (χ2v) is 5.41. The first-order valence-corrected chi connectivity index (χ1v) is 5.06. The van der Waals surface area contributed by atoms with Crippen LogP contribution < -0.4 is 0 Å². The van der Waals surface area contributed by atoms with Crippen molar-refractivity contribution >= 4 is 43.5 Å². The largest absolute Gasteiger partial charge is 0.205 e. The zero-order valence-corrected chi connectivity index (χ0v) is 9.25. The Morgan fingerprint density at radius 3 is 2.45 bits per heavy atom. The third-order valence-electron chi connectivity index (χ3n) is 1.22. The summed E-state index contributed by atoms with van der Waals surface area (Å²) in [5.41, 5.74) is 0.512. The van der Waals surface area contributed by atoms with Crippen LogP contribution in [-0.4, -0.2) is 0 Å². The summed E-state index contributed by atoms with van der Waals surface area (Å²) in [5.74, 6) is -0.382. The van der Waals surface area contributed by atoms with Crippen molar-refractivity contribution in [1.82, 2.24) is 0 Å². The molecule has 0 fully saturated rings. The molecule has 0 radical (unpaired) electrons. The lowest BCUT2D eigenvalue weighted by Crippen LogP contribution is -1.87. The molecule has 0 aromatic heterocycles. The van der Waals surface area contributed by atoms with Crippen LogP contribution in [-0.2, 0) is 0 Å². The molecule has 0 N–H and O–H groups in total. The number of rotatable bonds is 1. The van der Waals surface area contributed by atoms with Gasteiger partial charge in [-0.15, -0.1) is 0 Å². The second kappa shape index (κ2) is 3.87. The summed E-state index contributed by atoms with van der Waals surface area (Å²) in [6.07, 6.45) is 0. The predicted molar refractivity (Wildman–Crippen MR) is 52.0 cm³/mol. The van der Waals surface area contributed by atoms with Crippen LogP contribution in [0, 0.1) is 5.82 Å². The van der Waals surface area contributed by atoms with Gasteiger partial charge in [0.1, 0.15) is 5.82 Å². The van der Waals surface area contributed by atoms with E-state index in [1.54, 1.807) is 12.1 Å². The maximum Gasteiger partial charge on any atom is 0.146 e. The van der Waals surface area contributed by atoms with E-state index in [1.807, 2.05) is 0 Å². The molecule has 0 nitrogen and oxygen atoms in total. The zero-order chi connectivity index (χ0) is 8.43. The predicted octanol–water partition coefficient (Wildman–Crippen LogP) is 4.27. The number of hydrogen-bond acceptors (Lipinski definition) is 0. The minimum Gasteiger partial charge on any atom is -0.205 e. The van der Waals surface area contributed by atoms with E-state index in [9.17, 15) is 4.39 Å². The SMILES string of the molecule is Fc1c(Cl)cccc1C(Br)Br. The van der Waals surface area contributed by atoms with Crippen LogP contribution in [0.1, 0.15) is 9.30 Å². The molecule has 0 aliphatic carbocycles. The fourth-order valence-corrected chi connectivity index (χ4v) is 1.58. The topological polar surface area (TPSA) is 0 Å². The summed E-state index contributed by atoms with van der Waals surface area (Å²) in [6, 6.07) is 4.88. The van der Waals surface area contributed by atoms with Crippen molar-refractivity contribution in [2.75, 3.05) is 0 Å². The van der Waals surface area contributed by atoms with Gasteiger partial charge in [-0.1, -0.05) is 55.6 Å². The van der Waals surface area contributed by atoms with Gasteiger partial charge in [-0.3, -0.25) is 0 Å². The molecule has 0 aliphatic rings. The summed E-state index contributed by atoms with van der Waals surface area (Å²) in [7, 11) is 0. The molecule has 0 spiro atoms. The van der Waals surface area contributed by atoms with E-state index in [0.29, 0.717) is 5.56 Å². The van der Waals surface area contributed by atoms with Crippen LogP contribution in [0.3, 0.4) is 0 Å². The Morgan fingerprint density at radius 2 is 2.00 bits per heavy atom. The Bertz CT molecular complexity index is 263. The van der Waals surface area contributed by atoms with E-state index in [0.717, 1.165) is 0 Å². The highest BCUT2D eigenvalue weighted by Gasteiger charge is 2.10. The van der Waals surface area contributed by atoms with E-state index in [-0.39, 0.29) is 14.6 Å². The first-order valence-electron chi connectivity index (χ1n) is 2.85. The standard InChI is InChI=1S/C7H4Br2ClF/c8-7(9)4-2-1-3-5(10)6(4)11/h1-3,7H. The minimum absolute atomic E-state index is 0.145. The fourth-order valence-electron chi connectivity index (χ4n) is 0.689. The molecule has 0 aliphatic heterocycles. The van der Waals surface area contributed by atoms with Gasteiger partial charge in [-0.05, 0) is 6.07 Å². The van der Waals surface area contributed by atoms with Gasteiger partial charge in [-0.2, -0.15) is 0 Å². The van der Waals surface area contributed by atoms with Crippen molar-refractivity contribution < 1.29 is 4.39 Å². The van der Waals surface area contributed by atoms with E-state index in [1.165, 1.54) is 6.07 Å². The minimum atomic E-state index is -0.382. The van der Waals surface area contributed by atoms with Crippen LogP contribution in [0.15, 0.2) is 18.2 Å². The van der Waals surface area contributed by atoms with Gasteiger partial charge in [-0.25, -0.2) is 4.39 Å². The van der Waals surface area contributed by atoms with Gasteiger partial charge in [0.2, 0.25) is 0 Å². The van der Waals surface area contributed by atoms with E-state index in [2.05, 4.69) is 31.9 Å². The average molecular weight is 302 g/mol. The molecule has 0 amide bonds. The lowest BCUT2D eigenvalue weighted by atomic mass is 10.2. The van der Waals surface area contributed by atoms with Crippen molar-refractivity contribution in [3.8, 4) is 0 Å². The summed E-state index contributed by atoms with van der Waals surface area (Å²) in [6.45, 7) is 0. The van der Waals surface area contributed by atoms with Crippen LogP contribution in [0.4, 0.5) is 4.39 Å². The van der Waals surface area contributed by atoms with E-state index in [4.69, 9.17) is 11.6 Å². The fraction of sp³-hybridized carbons (Fsp3) is 0.143. The Balaban J connectivity index is 3.17. The second-order valence-electron chi connectivity index (χ2n) is 1.94. The molecule has 0 saturated carbocycles. The maximum atomic E-state index is 13.1. The van der Waals surface area contributed by atoms with Crippen molar-refractivity contribution in [2.24, 2.45) is 0 Å². The van der Waals surface area contributed by atoms with Crippen molar-refractivity contribution in [3.05, 3.63) is 34.6 Å². The molecule has 0 atom stereocenters. The van der Waals surface area contributed by atoms with Gasteiger partial charge in [0.05, 0.1) is 8.76 Å². The maximum absolute atomic E-state index is 13.1. The molecule has 4 heteroatoms. The van der Waals surface area contributed by atoms with E-state index >= 15 is 0 Å². The molecule has 0 saturated heterocycles. The normalized spacial score (nSPS) is 10.6. The van der Waals surface area contributed by atoms with Crippen molar-refractivity contribution in [1.29, 1.82) is 0 Å². The molecular weight excluding hydrogens is 298 g/mol. The summed E-state index contributed by atoms with van der Waals surface area (Å²) in [4.78, 5) is 0. The lowest BCUT2D eigenvalue weighted by Gasteiger charge is -2.03. The third-order valence-corrected chi connectivity index (χ3v) is 2.49. The van der Waals surface area contributed by atoms with Crippen molar-refractivity contribution in [2.45, 2.75) is 3.74 Å². The highest BCUT2D eigenvalue weighted by molar-refractivity contribution is 9.24. The summed E-state index contributed by atoms with van der Waals surface area (Å²) < 4.78 is 12.9. The molecular formula is C7H4Br2ClF. The first kappa shape index (κ1) is 9.49. The van der Waals surface area contributed by atoms with Crippen LogP contribution >= 0.6 is 43.5 Å². The molecule has 0 heterocycles. The van der Waals surface area contributed by atoms with Crippen LogP contribution in [0.2, 0.25) is 5.02 Å². The number of benzene rings is 1. The smallest absolute Gasteiger partial charge is 0.146 e. The summed E-state index contributed by atoms with van der Waals surface area (Å²) in [5, 5.41) is 0.145. The lowest BCUT2D eigenvalue weighted by molar-refractivity contribution is 0.618. The molecule has 11 heavy (non-hydrogen) atoms. The number of alkyl halides is 2. The molecule has 0 bridgehead atoms. The van der Waals surface area contributed by atoms with Crippen molar-refractivity contribution in [3.63, 3.8) is 0 Å². The third kappa shape index (κ3) is 2.17. The highest BCUT2D eigenvalue weighted by Crippen LogP contribution is 2.33. The molecule has 1 rings (SSSR count). The van der Waals surface area contributed by atoms with Crippen LogP contribution in [0.25, 0.3) is 0 Å². The van der Waals surface area contributed by atoms with Gasteiger partial charge >= 0.3 is 0 Å². The Kier molecular flexibility index (Phi) is 3.34. The van der Waals surface area contributed by atoms with Gasteiger partial charge in [0.15, 0.2) is 0 Å². The highest BCUT2D eigenvalue weighted by atomic mass is 79.9.